The molecule has 26 heavy (non-hydrogen) atoms. The van der Waals surface area contributed by atoms with Crippen LogP contribution < -0.4 is 10.9 Å². The molecule has 0 saturated heterocycles. The van der Waals surface area contributed by atoms with Gasteiger partial charge in [0.05, 0.1) is 17.4 Å². The molecule has 1 amide bonds. The molecule has 3 aromatic rings. The molecule has 8 heteroatoms. The first-order valence-corrected chi connectivity index (χ1v) is 9.33. The number of amides is 1. The average molecular weight is 373 g/mol. The molecule has 3 aromatic heterocycles. The number of nitrogens with one attached hydrogen (secondary N) is 1. The number of aryl methyl sites for hydroxylation is 2. The number of hydrogen-bond acceptors (Lipinski definition) is 5. The molecule has 0 atom stereocenters. The van der Waals surface area contributed by atoms with Gasteiger partial charge in [0.25, 0.3) is 5.56 Å². The third-order valence-electron chi connectivity index (χ3n) is 4.15. The van der Waals surface area contributed by atoms with Crippen LogP contribution >= 0.6 is 11.3 Å². The Balaban J connectivity index is 1.80. The van der Waals surface area contributed by atoms with E-state index in [-0.39, 0.29) is 23.4 Å². The van der Waals surface area contributed by atoms with Gasteiger partial charge in [-0.25, -0.2) is 4.98 Å². The highest BCUT2D eigenvalue weighted by Crippen LogP contribution is 2.23. The minimum atomic E-state index is -0.289. The highest BCUT2D eigenvalue weighted by molar-refractivity contribution is 7.18. The summed E-state index contributed by atoms with van der Waals surface area (Å²) in [4.78, 5) is 31.1. The molecule has 3 rings (SSSR count). The number of hydrogen-bond donors (Lipinski definition) is 1. The van der Waals surface area contributed by atoms with E-state index in [1.165, 1.54) is 22.2 Å². The van der Waals surface area contributed by atoms with E-state index in [9.17, 15) is 9.59 Å². The van der Waals surface area contributed by atoms with E-state index in [2.05, 4.69) is 36.2 Å². The second kappa shape index (κ2) is 6.68. The third-order valence-corrected chi connectivity index (χ3v) is 5.33. The SMILES string of the molecule is CCc1cc2c(=O)n(CC(=O)Nc3cc(C(C)(C)C)nn3C)cnc2s1. The fourth-order valence-corrected chi connectivity index (χ4v) is 3.51. The smallest absolute Gasteiger partial charge is 0.262 e. The minimum Gasteiger partial charge on any atom is -0.309 e. The first-order chi connectivity index (χ1) is 12.2. The van der Waals surface area contributed by atoms with Crippen LogP contribution in [0.25, 0.3) is 10.2 Å². The van der Waals surface area contributed by atoms with Crippen LogP contribution in [0, 0.1) is 0 Å². The zero-order valence-corrected chi connectivity index (χ0v) is 16.5. The van der Waals surface area contributed by atoms with Crippen molar-refractivity contribution in [3.05, 3.63) is 39.4 Å². The number of carbonyl (C=O) groups excluding carboxylic acids is 1. The fraction of sp³-hybridized carbons (Fsp3) is 0.444. The maximum Gasteiger partial charge on any atom is 0.262 e. The number of rotatable bonds is 4. The van der Waals surface area contributed by atoms with Gasteiger partial charge < -0.3 is 5.32 Å². The molecule has 0 saturated carbocycles. The molecule has 138 valence electrons. The van der Waals surface area contributed by atoms with E-state index in [1.54, 1.807) is 11.7 Å². The Bertz CT molecular complexity index is 1020. The Morgan fingerprint density at radius 3 is 2.65 bits per heavy atom. The van der Waals surface area contributed by atoms with E-state index in [1.807, 2.05) is 19.1 Å². The summed E-state index contributed by atoms with van der Waals surface area (Å²) in [6, 6.07) is 3.72. The van der Waals surface area contributed by atoms with Crippen molar-refractivity contribution in [2.75, 3.05) is 5.32 Å². The van der Waals surface area contributed by atoms with Gasteiger partial charge in [0.1, 0.15) is 17.2 Å². The van der Waals surface area contributed by atoms with Gasteiger partial charge in [0.2, 0.25) is 5.91 Å². The van der Waals surface area contributed by atoms with Crippen molar-refractivity contribution < 1.29 is 4.79 Å². The van der Waals surface area contributed by atoms with Crippen molar-refractivity contribution in [1.29, 1.82) is 0 Å². The lowest BCUT2D eigenvalue weighted by Gasteiger charge is -2.13. The normalized spacial score (nSPS) is 11.9. The van der Waals surface area contributed by atoms with Gasteiger partial charge in [-0.15, -0.1) is 11.3 Å². The Morgan fingerprint density at radius 2 is 2.04 bits per heavy atom. The number of anilines is 1. The average Bonchev–Trinajstić information content (AvgIpc) is 3.14. The summed E-state index contributed by atoms with van der Waals surface area (Å²) in [5.41, 5.74) is 0.588. The predicted molar refractivity (Wildman–Crippen MR) is 104 cm³/mol. The maximum atomic E-state index is 12.6. The van der Waals surface area contributed by atoms with Crippen LogP contribution in [-0.4, -0.2) is 25.2 Å². The van der Waals surface area contributed by atoms with E-state index in [0.717, 1.165) is 17.0 Å². The maximum absolute atomic E-state index is 12.6. The number of carbonyl (C=O) groups is 1. The number of aromatic nitrogens is 4. The minimum absolute atomic E-state index is 0.0882. The summed E-state index contributed by atoms with van der Waals surface area (Å²) in [5.74, 6) is 0.313. The molecule has 0 unspecified atom stereocenters. The zero-order chi connectivity index (χ0) is 19.1. The summed E-state index contributed by atoms with van der Waals surface area (Å²) in [5, 5.41) is 7.82. The van der Waals surface area contributed by atoms with E-state index in [4.69, 9.17) is 0 Å². The van der Waals surface area contributed by atoms with Crippen LogP contribution in [-0.2, 0) is 30.2 Å². The molecule has 1 N–H and O–H groups in total. The van der Waals surface area contributed by atoms with Crippen LogP contribution in [0.1, 0.15) is 38.3 Å². The lowest BCUT2D eigenvalue weighted by molar-refractivity contribution is -0.116. The molecular weight excluding hydrogens is 350 g/mol. The highest BCUT2D eigenvalue weighted by atomic mass is 32.1. The van der Waals surface area contributed by atoms with Gasteiger partial charge in [0.15, 0.2) is 0 Å². The van der Waals surface area contributed by atoms with Crippen LogP contribution in [0.15, 0.2) is 23.3 Å². The van der Waals surface area contributed by atoms with Crippen LogP contribution in [0.3, 0.4) is 0 Å². The van der Waals surface area contributed by atoms with Crippen LogP contribution in [0.5, 0.6) is 0 Å². The molecule has 0 aliphatic carbocycles. The quantitative estimate of drug-likeness (QED) is 0.762. The van der Waals surface area contributed by atoms with Crippen LogP contribution in [0.4, 0.5) is 5.82 Å². The summed E-state index contributed by atoms with van der Waals surface area (Å²) in [6.07, 6.45) is 2.29. The van der Waals surface area contributed by atoms with Gasteiger partial charge in [-0.05, 0) is 12.5 Å². The molecule has 3 heterocycles. The molecule has 0 fully saturated rings. The monoisotopic (exact) mass is 373 g/mol. The summed E-state index contributed by atoms with van der Waals surface area (Å²) >= 11 is 1.51. The van der Waals surface area contributed by atoms with Gasteiger partial charge in [-0.1, -0.05) is 27.7 Å². The van der Waals surface area contributed by atoms with Crippen molar-refractivity contribution in [1.82, 2.24) is 19.3 Å². The van der Waals surface area contributed by atoms with E-state index in [0.29, 0.717) is 16.0 Å². The molecule has 0 spiro atoms. The van der Waals surface area contributed by atoms with Gasteiger partial charge in [-0.3, -0.25) is 18.8 Å². The number of thiophene rings is 1. The Kier molecular flexibility index (Phi) is 4.70. The summed E-state index contributed by atoms with van der Waals surface area (Å²) in [7, 11) is 1.78. The Labute approximate surface area is 155 Å². The van der Waals surface area contributed by atoms with Crippen molar-refractivity contribution in [3.8, 4) is 0 Å². The molecule has 0 aliphatic heterocycles. The topological polar surface area (TPSA) is 81.8 Å². The predicted octanol–water partition coefficient (Wildman–Crippen LogP) is 2.69. The van der Waals surface area contributed by atoms with Crippen molar-refractivity contribution in [2.45, 2.75) is 46.1 Å². The van der Waals surface area contributed by atoms with Gasteiger partial charge >= 0.3 is 0 Å². The Morgan fingerprint density at radius 1 is 1.31 bits per heavy atom. The molecule has 0 aromatic carbocycles. The lowest BCUT2D eigenvalue weighted by Crippen LogP contribution is -2.28. The standard InChI is InChI=1S/C18H23N5O2S/c1-6-11-7-12-16(26-11)19-10-23(17(12)25)9-15(24)20-14-8-13(18(2,3)4)21-22(14)5/h7-8,10H,6,9H2,1-5H3,(H,20,24). The summed E-state index contributed by atoms with van der Waals surface area (Å²) in [6.45, 7) is 8.14. The van der Waals surface area contributed by atoms with Crippen molar-refractivity contribution in [2.24, 2.45) is 7.05 Å². The van der Waals surface area contributed by atoms with Crippen LogP contribution in [0.2, 0.25) is 0 Å². The third kappa shape index (κ3) is 3.55. The fourth-order valence-electron chi connectivity index (χ4n) is 2.58. The largest absolute Gasteiger partial charge is 0.309 e. The number of fused-ring (bicyclic) bond motifs is 1. The van der Waals surface area contributed by atoms with Crippen molar-refractivity contribution in [3.63, 3.8) is 0 Å². The molecule has 7 nitrogen and oxygen atoms in total. The first kappa shape index (κ1) is 18.3. The van der Waals surface area contributed by atoms with E-state index < -0.39 is 0 Å². The molecular formula is C18H23N5O2S. The van der Waals surface area contributed by atoms with Gasteiger partial charge in [0, 0.05) is 23.4 Å². The zero-order valence-electron chi connectivity index (χ0n) is 15.7. The first-order valence-electron chi connectivity index (χ1n) is 8.51. The highest BCUT2D eigenvalue weighted by Gasteiger charge is 2.20. The Hall–Kier alpha value is -2.48. The van der Waals surface area contributed by atoms with E-state index >= 15 is 0 Å². The molecule has 0 aliphatic rings. The second-order valence-electron chi connectivity index (χ2n) is 7.30. The van der Waals surface area contributed by atoms with Gasteiger partial charge in [-0.2, -0.15) is 5.10 Å². The number of nitrogens with zero attached hydrogens (tertiary/aromatic N) is 4. The second-order valence-corrected chi connectivity index (χ2v) is 8.41. The summed E-state index contributed by atoms with van der Waals surface area (Å²) < 4.78 is 2.97. The molecule has 0 radical (unpaired) electrons. The molecule has 0 bridgehead atoms. The lowest BCUT2D eigenvalue weighted by atomic mass is 9.92. The van der Waals surface area contributed by atoms with Crippen molar-refractivity contribution >= 4 is 33.3 Å².